The lowest BCUT2D eigenvalue weighted by Gasteiger charge is -2.05. The summed E-state index contributed by atoms with van der Waals surface area (Å²) >= 11 is 0. The van der Waals surface area contributed by atoms with Gasteiger partial charge in [0.25, 0.3) is 5.91 Å². The van der Waals surface area contributed by atoms with Crippen molar-refractivity contribution in [2.75, 3.05) is 11.9 Å². The minimum Gasteiger partial charge on any atom is -0.462 e. The Bertz CT molecular complexity index is 642. The summed E-state index contributed by atoms with van der Waals surface area (Å²) in [6.45, 7) is 5.42. The number of aromatic nitrogens is 2. The fourth-order valence-corrected chi connectivity index (χ4v) is 1.75. The maximum atomic E-state index is 12.0. The molecule has 2 N–H and O–H groups in total. The zero-order chi connectivity index (χ0) is 14.7. The number of nitrogens with one attached hydrogen (secondary N) is 2. The van der Waals surface area contributed by atoms with E-state index in [1.54, 1.807) is 20.8 Å². The third-order valence-electron chi connectivity index (χ3n) is 2.66. The number of nitrogens with zero attached hydrogens (tertiary/aromatic N) is 1. The first-order valence-electron chi connectivity index (χ1n) is 6.12. The molecule has 0 saturated heterocycles. The Balaban J connectivity index is 2.22. The van der Waals surface area contributed by atoms with Crippen molar-refractivity contribution in [1.29, 1.82) is 0 Å². The second kappa shape index (κ2) is 5.60. The Morgan fingerprint density at radius 1 is 1.45 bits per heavy atom. The van der Waals surface area contributed by atoms with E-state index in [0.717, 1.165) is 0 Å². The van der Waals surface area contributed by atoms with Crippen LogP contribution < -0.4 is 5.32 Å². The largest absolute Gasteiger partial charge is 0.462 e. The van der Waals surface area contributed by atoms with Crippen LogP contribution in [0.25, 0.3) is 0 Å². The van der Waals surface area contributed by atoms with E-state index in [1.165, 1.54) is 12.3 Å². The van der Waals surface area contributed by atoms with Gasteiger partial charge in [-0.05, 0) is 20.8 Å². The molecule has 2 rings (SSSR count). The quantitative estimate of drug-likeness (QED) is 0.833. The number of hydrogen-bond donors (Lipinski definition) is 2. The fourth-order valence-electron chi connectivity index (χ4n) is 1.75. The normalized spacial score (nSPS) is 10.3. The van der Waals surface area contributed by atoms with Crippen LogP contribution in [0.5, 0.6) is 0 Å². The molecule has 2 aromatic rings. The van der Waals surface area contributed by atoms with Gasteiger partial charge in [-0.15, -0.1) is 0 Å². The Kier molecular flexibility index (Phi) is 3.88. The van der Waals surface area contributed by atoms with Crippen molar-refractivity contribution < 1.29 is 18.8 Å². The van der Waals surface area contributed by atoms with Crippen molar-refractivity contribution in [3.63, 3.8) is 0 Å². The van der Waals surface area contributed by atoms with E-state index in [4.69, 9.17) is 9.26 Å². The number of hydrogen-bond acceptors (Lipinski definition) is 5. The number of H-pyrrole nitrogens is 1. The first kappa shape index (κ1) is 13.9. The van der Waals surface area contributed by atoms with Gasteiger partial charge in [0.1, 0.15) is 5.56 Å². The Labute approximate surface area is 115 Å². The van der Waals surface area contributed by atoms with Gasteiger partial charge in [-0.2, -0.15) is 0 Å². The van der Waals surface area contributed by atoms with Crippen LogP contribution in [0.3, 0.4) is 0 Å². The first-order valence-corrected chi connectivity index (χ1v) is 6.12. The number of anilines is 1. The molecule has 7 heteroatoms. The SMILES string of the molecule is CCOC(=O)c1c(NC(=O)c2cc(C)no2)c[nH]c1C. The zero-order valence-electron chi connectivity index (χ0n) is 11.4. The second-order valence-electron chi connectivity index (χ2n) is 4.21. The molecule has 106 valence electrons. The second-order valence-corrected chi connectivity index (χ2v) is 4.21. The summed E-state index contributed by atoms with van der Waals surface area (Å²) in [5, 5.41) is 6.23. The molecule has 1 amide bonds. The number of esters is 1. The van der Waals surface area contributed by atoms with Crippen molar-refractivity contribution in [2.45, 2.75) is 20.8 Å². The van der Waals surface area contributed by atoms with Crippen LogP contribution in [0, 0.1) is 13.8 Å². The number of aryl methyl sites for hydroxylation is 2. The van der Waals surface area contributed by atoms with Crippen LogP contribution in [0.1, 0.15) is 39.2 Å². The van der Waals surface area contributed by atoms with Gasteiger partial charge >= 0.3 is 5.97 Å². The van der Waals surface area contributed by atoms with Gasteiger partial charge in [0.05, 0.1) is 18.0 Å². The molecule has 2 aromatic heterocycles. The molecule has 0 unspecified atom stereocenters. The van der Waals surface area contributed by atoms with Gasteiger partial charge < -0.3 is 19.6 Å². The minimum absolute atomic E-state index is 0.0798. The Morgan fingerprint density at radius 3 is 2.80 bits per heavy atom. The molecule has 20 heavy (non-hydrogen) atoms. The van der Waals surface area contributed by atoms with Crippen LogP contribution in [0.2, 0.25) is 0 Å². The average molecular weight is 277 g/mol. The van der Waals surface area contributed by atoms with E-state index >= 15 is 0 Å². The summed E-state index contributed by atoms with van der Waals surface area (Å²) in [5.74, 6) is -0.887. The standard InChI is InChI=1S/C13H15N3O4/c1-4-19-13(18)11-8(3)14-6-9(11)15-12(17)10-5-7(2)16-20-10/h5-6,14H,4H2,1-3H3,(H,15,17). The smallest absolute Gasteiger partial charge is 0.342 e. The molecule has 0 aromatic carbocycles. The van der Waals surface area contributed by atoms with Crippen LogP contribution in [0.15, 0.2) is 16.8 Å². The van der Waals surface area contributed by atoms with E-state index in [9.17, 15) is 9.59 Å². The molecular formula is C13H15N3O4. The molecule has 0 fully saturated rings. The van der Waals surface area contributed by atoms with Crippen LogP contribution in [-0.4, -0.2) is 28.6 Å². The molecule has 7 nitrogen and oxygen atoms in total. The highest BCUT2D eigenvalue weighted by atomic mass is 16.5. The van der Waals surface area contributed by atoms with E-state index in [-0.39, 0.29) is 12.4 Å². The molecule has 0 atom stereocenters. The van der Waals surface area contributed by atoms with Crippen molar-refractivity contribution >= 4 is 17.6 Å². The van der Waals surface area contributed by atoms with Gasteiger partial charge in [0.15, 0.2) is 0 Å². The van der Waals surface area contributed by atoms with Crippen molar-refractivity contribution in [3.8, 4) is 0 Å². The van der Waals surface area contributed by atoms with Crippen molar-refractivity contribution in [1.82, 2.24) is 10.1 Å². The zero-order valence-corrected chi connectivity index (χ0v) is 11.4. The molecule has 0 bridgehead atoms. The highest BCUT2D eigenvalue weighted by Crippen LogP contribution is 2.21. The first-order chi connectivity index (χ1) is 9.52. The van der Waals surface area contributed by atoms with Gasteiger partial charge in [-0.1, -0.05) is 5.16 Å². The Morgan fingerprint density at radius 2 is 2.20 bits per heavy atom. The fraction of sp³-hybridized carbons (Fsp3) is 0.308. The lowest BCUT2D eigenvalue weighted by molar-refractivity contribution is 0.0527. The summed E-state index contributed by atoms with van der Waals surface area (Å²) < 4.78 is 9.82. The lowest BCUT2D eigenvalue weighted by Crippen LogP contribution is -2.14. The predicted molar refractivity (Wildman–Crippen MR) is 70.7 cm³/mol. The summed E-state index contributed by atoms with van der Waals surface area (Å²) in [4.78, 5) is 26.7. The van der Waals surface area contributed by atoms with Crippen LogP contribution in [-0.2, 0) is 4.74 Å². The van der Waals surface area contributed by atoms with Gasteiger partial charge in [-0.3, -0.25) is 4.79 Å². The number of carbonyl (C=O) groups excluding carboxylic acids is 2. The number of aromatic amines is 1. The molecule has 0 saturated carbocycles. The third kappa shape index (κ3) is 2.71. The maximum absolute atomic E-state index is 12.0. The molecule has 0 aliphatic carbocycles. The van der Waals surface area contributed by atoms with Gasteiger partial charge in [-0.25, -0.2) is 4.79 Å². The number of amides is 1. The van der Waals surface area contributed by atoms with E-state index in [2.05, 4.69) is 15.5 Å². The number of rotatable bonds is 4. The van der Waals surface area contributed by atoms with Gasteiger partial charge in [0.2, 0.25) is 5.76 Å². The van der Waals surface area contributed by atoms with Gasteiger partial charge in [0, 0.05) is 18.0 Å². The summed E-state index contributed by atoms with van der Waals surface area (Å²) in [6.07, 6.45) is 1.53. The monoisotopic (exact) mass is 277 g/mol. The Hall–Kier alpha value is -2.57. The maximum Gasteiger partial charge on any atom is 0.342 e. The van der Waals surface area contributed by atoms with Crippen LogP contribution in [0.4, 0.5) is 5.69 Å². The number of ether oxygens (including phenoxy) is 1. The molecule has 2 heterocycles. The molecular weight excluding hydrogens is 262 g/mol. The number of carbonyl (C=O) groups is 2. The highest BCUT2D eigenvalue weighted by molar-refractivity contribution is 6.07. The van der Waals surface area contributed by atoms with Crippen molar-refractivity contribution in [2.24, 2.45) is 0 Å². The molecule has 0 spiro atoms. The minimum atomic E-state index is -0.490. The predicted octanol–water partition coefficient (Wildman–Crippen LogP) is 2.05. The highest BCUT2D eigenvalue weighted by Gasteiger charge is 2.21. The summed E-state index contributed by atoms with van der Waals surface area (Å²) in [7, 11) is 0. The molecule has 0 radical (unpaired) electrons. The van der Waals surface area contributed by atoms with Crippen molar-refractivity contribution in [3.05, 3.63) is 35.0 Å². The van der Waals surface area contributed by atoms with E-state index in [0.29, 0.717) is 22.6 Å². The molecule has 0 aliphatic heterocycles. The summed E-state index contributed by atoms with van der Waals surface area (Å²) in [6, 6.07) is 1.51. The van der Waals surface area contributed by atoms with Crippen LogP contribution >= 0.6 is 0 Å². The molecule has 0 aliphatic rings. The average Bonchev–Trinajstić information content (AvgIpc) is 2.96. The van der Waals surface area contributed by atoms with E-state index in [1.807, 2.05) is 0 Å². The lowest BCUT2D eigenvalue weighted by atomic mass is 10.2. The van der Waals surface area contributed by atoms with E-state index < -0.39 is 11.9 Å². The topological polar surface area (TPSA) is 97.2 Å². The summed E-state index contributed by atoms with van der Waals surface area (Å²) in [5.41, 5.74) is 1.87. The third-order valence-corrected chi connectivity index (χ3v) is 2.66.